The lowest BCUT2D eigenvalue weighted by Gasteiger charge is -1.92. The lowest BCUT2D eigenvalue weighted by Crippen LogP contribution is -2.05. The van der Waals surface area contributed by atoms with Crippen LogP contribution in [0.1, 0.15) is 0 Å². The Morgan fingerprint density at radius 3 is 2.79 bits per heavy atom. The highest BCUT2D eigenvalue weighted by molar-refractivity contribution is 6.35. The molecule has 2 rings (SSSR count). The summed E-state index contributed by atoms with van der Waals surface area (Å²) in [4.78, 5) is 10.7. The highest BCUT2D eigenvalue weighted by atomic mass is 35.5. The molecule has 0 aliphatic carbocycles. The van der Waals surface area contributed by atoms with Crippen molar-refractivity contribution in [3.05, 3.63) is 27.5 Å². The first-order chi connectivity index (χ1) is 6.68. The average Bonchev–Trinajstić information content (AvgIpc) is 2.50. The van der Waals surface area contributed by atoms with Crippen LogP contribution in [0, 0.1) is 0 Å². The molecule has 0 saturated carbocycles. The predicted molar refractivity (Wildman–Crippen MR) is 49.8 cm³/mol. The van der Waals surface area contributed by atoms with Crippen molar-refractivity contribution < 1.29 is 4.52 Å². The Morgan fingerprint density at radius 1 is 1.50 bits per heavy atom. The number of aromatic amines is 1. The second-order valence-corrected chi connectivity index (χ2v) is 2.90. The zero-order valence-corrected chi connectivity index (χ0v) is 7.58. The van der Waals surface area contributed by atoms with Crippen LogP contribution in [0.3, 0.4) is 0 Å². The topological polar surface area (TPSA) is 97.8 Å². The van der Waals surface area contributed by atoms with Crippen LogP contribution >= 0.6 is 11.6 Å². The fourth-order valence-electron chi connectivity index (χ4n) is 0.921. The Balaban J connectivity index is 2.55. The highest BCUT2D eigenvalue weighted by Crippen LogP contribution is 2.29. The number of aromatic nitrogens is 3. The molecule has 0 fully saturated rings. The highest BCUT2D eigenvalue weighted by Gasteiger charge is 2.14. The Kier molecular flexibility index (Phi) is 1.97. The smallest absolute Gasteiger partial charge is 0.264 e. The molecular formula is C7H5ClN4O2. The number of nitrogens with zero attached hydrogens (tertiary/aromatic N) is 2. The number of hydrogen-bond acceptors (Lipinski definition) is 5. The molecule has 0 radical (unpaired) electrons. The lowest BCUT2D eigenvalue weighted by atomic mass is 10.3. The summed E-state index contributed by atoms with van der Waals surface area (Å²) in [7, 11) is 0. The first-order valence-corrected chi connectivity index (χ1v) is 4.03. The van der Waals surface area contributed by atoms with E-state index in [4.69, 9.17) is 21.9 Å². The van der Waals surface area contributed by atoms with Gasteiger partial charge < -0.3 is 10.3 Å². The first kappa shape index (κ1) is 8.76. The summed E-state index contributed by atoms with van der Waals surface area (Å²) in [5.41, 5.74) is 5.44. The third-order valence-electron chi connectivity index (χ3n) is 1.57. The standard InChI is InChI=1S/C7H5ClN4O2/c8-5-6(14-12-7(5)9)3-1-2-4(13)11-10-3/h1-2H,(H2,9,12)(H,11,13). The molecule has 3 N–H and O–H groups in total. The van der Waals surface area contributed by atoms with Crippen molar-refractivity contribution in [2.75, 3.05) is 5.73 Å². The summed E-state index contributed by atoms with van der Waals surface area (Å²) >= 11 is 5.77. The van der Waals surface area contributed by atoms with Crippen LogP contribution < -0.4 is 11.3 Å². The van der Waals surface area contributed by atoms with Gasteiger partial charge in [-0.3, -0.25) is 4.79 Å². The summed E-state index contributed by atoms with van der Waals surface area (Å²) in [6.07, 6.45) is 0. The zero-order valence-electron chi connectivity index (χ0n) is 6.82. The van der Waals surface area contributed by atoms with Crippen LogP contribution in [0.15, 0.2) is 21.5 Å². The van der Waals surface area contributed by atoms with E-state index in [0.717, 1.165) is 0 Å². The van der Waals surface area contributed by atoms with Gasteiger partial charge >= 0.3 is 0 Å². The van der Waals surface area contributed by atoms with Crippen molar-refractivity contribution in [3.8, 4) is 11.5 Å². The summed E-state index contributed by atoms with van der Waals surface area (Å²) in [6, 6.07) is 2.77. The Bertz CT molecular complexity index is 498. The summed E-state index contributed by atoms with van der Waals surface area (Å²) in [6.45, 7) is 0. The maximum absolute atomic E-state index is 10.7. The number of rotatable bonds is 1. The fraction of sp³-hybridized carbons (Fsp3) is 0. The number of nitrogens with two attached hydrogens (primary N) is 1. The van der Waals surface area contributed by atoms with Gasteiger partial charge in [0.2, 0.25) is 5.76 Å². The van der Waals surface area contributed by atoms with E-state index in [0.29, 0.717) is 5.69 Å². The lowest BCUT2D eigenvalue weighted by molar-refractivity contribution is 0.434. The molecule has 0 aliphatic rings. The molecule has 2 aromatic heterocycles. The maximum atomic E-state index is 10.7. The number of halogens is 1. The monoisotopic (exact) mass is 212 g/mol. The summed E-state index contributed by atoms with van der Waals surface area (Å²) < 4.78 is 4.83. The molecule has 7 heteroatoms. The molecule has 0 atom stereocenters. The van der Waals surface area contributed by atoms with Gasteiger partial charge in [-0.05, 0) is 6.07 Å². The van der Waals surface area contributed by atoms with Crippen LogP contribution in [0.25, 0.3) is 11.5 Å². The van der Waals surface area contributed by atoms with E-state index in [-0.39, 0.29) is 22.2 Å². The van der Waals surface area contributed by atoms with Gasteiger partial charge in [0, 0.05) is 6.07 Å². The van der Waals surface area contributed by atoms with E-state index in [1.54, 1.807) is 0 Å². The molecule has 2 aromatic rings. The van der Waals surface area contributed by atoms with Gasteiger partial charge in [-0.2, -0.15) is 5.10 Å². The second-order valence-electron chi connectivity index (χ2n) is 2.52. The minimum atomic E-state index is -0.308. The number of nitrogens with one attached hydrogen (secondary N) is 1. The third kappa shape index (κ3) is 1.35. The minimum Gasteiger partial charge on any atom is -0.380 e. The molecule has 0 saturated heterocycles. The molecule has 6 nitrogen and oxygen atoms in total. The first-order valence-electron chi connectivity index (χ1n) is 3.65. The second kappa shape index (κ2) is 3.15. The number of hydrogen-bond donors (Lipinski definition) is 2. The van der Waals surface area contributed by atoms with E-state index < -0.39 is 0 Å². The van der Waals surface area contributed by atoms with Gasteiger partial charge in [-0.15, -0.1) is 0 Å². The van der Waals surface area contributed by atoms with Crippen LogP contribution in [0.5, 0.6) is 0 Å². The molecule has 14 heavy (non-hydrogen) atoms. The van der Waals surface area contributed by atoms with E-state index >= 15 is 0 Å². The molecule has 72 valence electrons. The van der Waals surface area contributed by atoms with Gasteiger partial charge in [0.25, 0.3) is 5.56 Å². The molecule has 0 aliphatic heterocycles. The SMILES string of the molecule is Nc1noc(-c2ccc(=O)[nH]n2)c1Cl. The molecule has 0 spiro atoms. The average molecular weight is 213 g/mol. The maximum Gasteiger partial charge on any atom is 0.264 e. The van der Waals surface area contributed by atoms with Gasteiger partial charge in [0.1, 0.15) is 10.7 Å². The van der Waals surface area contributed by atoms with Gasteiger partial charge in [0.15, 0.2) is 5.82 Å². The quantitative estimate of drug-likeness (QED) is 0.724. The van der Waals surface area contributed by atoms with E-state index in [2.05, 4.69) is 15.4 Å². The van der Waals surface area contributed by atoms with Crippen molar-refractivity contribution in [1.82, 2.24) is 15.4 Å². The fourth-order valence-corrected chi connectivity index (χ4v) is 1.09. The Morgan fingerprint density at radius 2 is 2.29 bits per heavy atom. The molecule has 2 heterocycles. The van der Waals surface area contributed by atoms with Crippen molar-refractivity contribution in [1.29, 1.82) is 0 Å². The van der Waals surface area contributed by atoms with Gasteiger partial charge in [-0.25, -0.2) is 5.10 Å². The molecule has 0 unspecified atom stereocenters. The van der Waals surface area contributed by atoms with Gasteiger partial charge in [0.05, 0.1) is 0 Å². The van der Waals surface area contributed by atoms with Crippen LogP contribution in [-0.2, 0) is 0 Å². The van der Waals surface area contributed by atoms with Crippen LogP contribution in [0.2, 0.25) is 5.02 Å². The van der Waals surface area contributed by atoms with Crippen molar-refractivity contribution in [2.45, 2.75) is 0 Å². The third-order valence-corrected chi connectivity index (χ3v) is 1.94. The number of anilines is 1. The number of H-pyrrole nitrogens is 1. The Hall–Kier alpha value is -1.82. The predicted octanol–water partition coefficient (Wildman–Crippen LogP) is 0.660. The van der Waals surface area contributed by atoms with Crippen molar-refractivity contribution >= 4 is 17.4 Å². The van der Waals surface area contributed by atoms with E-state index in [1.807, 2.05) is 0 Å². The van der Waals surface area contributed by atoms with Crippen LogP contribution in [0.4, 0.5) is 5.82 Å². The van der Waals surface area contributed by atoms with E-state index in [1.165, 1.54) is 12.1 Å². The molecule has 0 bridgehead atoms. The van der Waals surface area contributed by atoms with Crippen molar-refractivity contribution in [3.63, 3.8) is 0 Å². The van der Waals surface area contributed by atoms with Crippen LogP contribution in [-0.4, -0.2) is 15.4 Å². The number of nitrogen functional groups attached to an aromatic ring is 1. The largest absolute Gasteiger partial charge is 0.380 e. The normalized spacial score (nSPS) is 10.4. The van der Waals surface area contributed by atoms with E-state index in [9.17, 15) is 4.79 Å². The zero-order chi connectivity index (χ0) is 10.1. The van der Waals surface area contributed by atoms with Gasteiger partial charge in [-0.1, -0.05) is 16.8 Å². The summed E-state index contributed by atoms with van der Waals surface area (Å²) in [5, 5.41) is 9.59. The minimum absolute atomic E-state index is 0.0923. The molecule has 0 amide bonds. The summed E-state index contributed by atoms with van der Waals surface area (Å²) in [5.74, 6) is 0.329. The Labute approximate surface area is 82.7 Å². The molecule has 0 aromatic carbocycles. The molecular weight excluding hydrogens is 208 g/mol. The van der Waals surface area contributed by atoms with Crippen molar-refractivity contribution in [2.24, 2.45) is 0 Å².